The molecule has 0 amide bonds. The Morgan fingerprint density at radius 1 is 1.24 bits per heavy atom. The molecule has 2 rings (SSSR count). The van der Waals surface area contributed by atoms with E-state index in [-0.39, 0.29) is 5.92 Å². The van der Waals surface area contributed by atoms with E-state index in [2.05, 4.69) is 5.32 Å². The first-order valence-corrected chi connectivity index (χ1v) is 6.26. The SMILES string of the molecule is O=C(O)C(Nc1cc(Cl)c(Cl)cc1Cl)C1CC1. The van der Waals surface area contributed by atoms with Gasteiger partial charge in [-0.25, -0.2) is 4.79 Å². The van der Waals surface area contributed by atoms with Crippen LogP contribution in [0.3, 0.4) is 0 Å². The minimum atomic E-state index is -0.880. The molecule has 1 unspecified atom stereocenters. The fourth-order valence-electron chi connectivity index (χ4n) is 1.61. The lowest BCUT2D eigenvalue weighted by Gasteiger charge is -2.16. The number of anilines is 1. The number of nitrogens with one attached hydrogen (secondary N) is 1. The zero-order valence-corrected chi connectivity index (χ0v) is 11.0. The summed E-state index contributed by atoms with van der Waals surface area (Å²) < 4.78 is 0. The van der Waals surface area contributed by atoms with Gasteiger partial charge in [0.25, 0.3) is 0 Å². The number of hydrogen-bond donors (Lipinski definition) is 2. The Morgan fingerprint density at radius 3 is 2.35 bits per heavy atom. The lowest BCUT2D eigenvalue weighted by Crippen LogP contribution is -2.31. The van der Waals surface area contributed by atoms with Gasteiger partial charge in [0.2, 0.25) is 0 Å². The molecule has 0 spiro atoms. The third kappa shape index (κ3) is 2.97. The Bertz CT molecular complexity index is 460. The van der Waals surface area contributed by atoms with Crippen LogP contribution in [0, 0.1) is 5.92 Å². The van der Waals surface area contributed by atoms with E-state index in [0.29, 0.717) is 20.8 Å². The molecule has 92 valence electrons. The normalized spacial score (nSPS) is 16.6. The second-order valence-corrected chi connectivity index (χ2v) is 5.27. The first-order chi connectivity index (χ1) is 7.99. The van der Waals surface area contributed by atoms with Gasteiger partial charge in [0, 0.05) is 0 Å². The molecule has 0 radical (unpaired) electrons. The molecule has 1 atom stereocenters. The highest BCUT2D eigenvalue weighted by Gasteiger charge is 2.36. The van der Waals surface area contributed by atoms with Gasteiger partial charge in [-0.15, -0.1) is 0 Å². The number of benzene rings is 1. The van der Waals surface area contributed by atoms with E-state index in [0.717, 1.165) is 12.8 Å². The summed E-state index contributed by atoms with van der Waals surface area (Å²) in [5, 5.41) is 13.1. The first-order valence-electron chi connectivity index (χ1n) is 5.13. The number of carboxylic acids is 1. The maximum absolute atomic E-state index is 11.1. The average molecular weight is 295 g/mol. The smallest absolute Gasteiger partial charge is 0.326 e. The van der Waals surface area contributed by atoms with Crippen LogP contribution in [0.1, 0.15) is 12.8 Å². The van der Waals surface area contributed by atoms with Crippen molar-refractivity contribution in [3.63, 3.8) is 0 Å². The van der Waals surface area contributed by atoms with E-state index in [9.17, 15) is 4.79 Å². The van der Waals surface area contributed by atoms with Crippen molar-refractivity contribution in [1.29, 1.82) is 0 Å². The van der Waals surface area contributed by atoms with E-state index in [4.69, 9.17) is 39.9 Å². The maximum Gasteiger partial charge on any atom is 0.326 e. The topological polar surface area (TPSA) is 49.3 Å². The maximum atomic E-state index is 11.1. The molecule has 0 heterocycles. The zero-order valence-electron chi connectivity index (χ0n) is 8.71. The molecule has 0 saturated heterocycles. The van der Waals surface area contributed by atoms with Crippen molar-refractivity contribution < 1.29 is 9.90 Å². The molecule has 0 aliphatic heterocycles. The molecule has 1 aromatic rings. The Kier molecular flexibility index (Phi) is 3.71. The minimum Gasteiger partial charge on any atom is -0.480 e. The van der Waals surface area contributed by atoms with Crippen LogP contribution in [0.15, 0.2) is 12.1 Å². The summed E-state index contributed by atoms with van der Waals surface area (Å²) in [5.74, 6) is -0.715. The fraction of sp³-hybridized carbons (Fsp3) is 0.364. The van der Waals surface area contributed by atoms with Gasteiger partial charge in [-0.1, -0.05) is 34.8 Å². The molecule has 2 N–H and O–H groups in total. The van der Waals surface area contributed by atoms with E-state index < -0.39 is 12.0 Å². The number of rotatable bonds is 4. The second-order valence-electron chi connectivity index (χ2n) is 4.04. The van der Waals surface area contributed by atoms with Crippen molar-refractivity contribution in [2.75, 3.05) is 5.32 Å². The minimum absolute atomic E-state index is 0.165. The molecular formula is C11H10Cl3NO2. The van der Waals surface area contributed by atoms with Crippen LogP contribution in [0.5, 0.6) is 0 Å². The van der Waals surface area contributed by atoms with Crippen molar-refractivity contribution in [3.8, 4) is 0 Å². The molecule has 6 heteroatoms. The molecule has 1 aromatic carbocycles. The molecule has 0 aromatic heterocycles. The van der Waals surface area contributed by atoms with Gasteiger partial charge in [0.1, 0.15) is 6.04 Å². The van der Waals surface area contributed by atoms with Crippen LogP contribution in [-0.4, -0.2) is 17.1 Å². The fourth-order valence-corrected chi connectivity index (χ4v) is 2.21. The summed E-state index contributed by atoms with van der Waals surface area (Å²) in [5.41, 5.74) is 0.500. The number of halogens is 3. The van der Waals surface area contributed by atoms with E-state index >= 15 is 0 Å². The van der Waals surface area contributed by atoms with Gasteiger partial charge in [-0.2, -0.15) is 0 Å². The highest BCUT2D eigenvalue weighted by molar-refractivity contribution is 6.44. The van der Waals surface area contributed by atoms with Crippen LogP contribution in [0.4, 0.5) is 5.69 Å². The van der Waals surface area contributed by atoms with Crippen molar-refractivity contribution in [1.82, 2.24) is 0 Å². The van der Waals surface area contributed by atoms with Crippen molar-refractivity contribution in [2.45, 2.75) is 18.9 Å². The summed E-state index contributed by atoms with van der Waals surface area (Å²) in [6.45, 7) is 0. The van der Waals surface area contributed by atoms with Crippen molar-refractivity contribution in [2.24, 2.45) is 5.92 Å². The van der Waals surface area contributed by atoms with Gasteiger partial charge in [0.15, 0.2) is 0 Å². The number of carbonyl (C=O) groups is 1. The number of hydrogen-bond acceptors (Lipinski definition) is 2. The number of aliphatic carboxylic acids is 1. The summed E-state index contributed by atoms with van der Waals surface area (Å²) in [7, 11) is 0. The Hall–Kier alpha value is -0.640. The summed E-state index contributed by atoms with van der Waals surface area (Å²) in [4.78, 5) is 11.1. The number of carboxylic acid groups (broad SMARTS) is 1. The van der Waals surface area contributed by atoms with Crippen LogP contribution < -0.4 is 5.32 Å². The summed E-state index contributed by atoms with van der Waals surface area (Å²) >= 11 is 17.6. The predicted octanol–water partition coefficient (Wildman–Crippen LogP) is 3.92. The molecular weight excluding hydrogens is 284 g/mol. The molecule has 17 heavy (non-hydrogen) atoms. The Labute approximate surface area is 114 Å². The van der Waals surface area contributed by atoms with Gasteiger partial charge in [-0.3, -0.25) is 0 Å². The van der Waals surface area contributed by atoms with E-state index in [1.54, 1.807) is 6.07 Å². The van der Waals surface area contributed by atoms with Crippen molar-refractivity contribution >= 4 is 46.5 Å². The van der Waals surface area contributed by atoms with Gasteiger partial charge in [-0.05, 0) is 30.9 Å². The molecule has 3 nitrogen and oxygen atoms in total. The standard InChI is InChI=1S/C11H10Cl3NO2/c12-6-3-8(14)9(4-7(6)13)15-10(11(16)17)5-1-2-5/h3-5,10,15H,1-2H2,(H,16,17). The lowest BCUT2D eigenvalue weighted by atomic mass is 10.1. The Balaban J connectivity index is 2.22. The van der Waals surface area contributed by atoms with E-state index in [1.165, 1.54) is 6.07 Å². The van der Waals surface area contributed by atoms with E-state index in [1.807, 2.05) is 0 Å². The molecule has 0 bridgehead atoms. The third-order valence-electron chi connectivity index (χ3n) is 2.68. The lowest BCUT2D eigenvalue weighted by molar-refractivity contribution is -0.138. The highest BCUT2D eigenvalue weighted by atomic mass is 35.5. The van der Waals surface area contributed by atoms with Gasteiger partial charge in [0.05, 0.1) is 20.8 Å². The van der Waals surface area contributed by atoms with Crippen LogP contribution >= 0.6 is 34.8 Å². The molecule has 1 aliphatic rings. The van der Waals surface area contributed by atoms with Crippen LogP contribution in [0.25, 0.3) is 0 Å². The Morgan fingerprint density at radius 2 is 1.82 bits per heavy atom. The molecule has 1 fully saturated rings. The molecule has 1 aliphatic carbocycles. The van der Waals surface area contributed by atoms with Gasteiger partial charge >= 0.3 is 5.97 Å². The largest absolute Gasteiger partial charge is 0.480 e. The predicted molar refractivity (Wildman–Crippen MR) is 69.2 cm³/mol. The summed E-state index contributed by atoms with van der Waals surface area (Å²) in [6.07, 6.45) is 1.84. The molecule has 1 saturated carbocycles. The van der Waals surface area contributed by atoms with Crippen LogP contribution in [0.2, 0.25) is 15.1 Å². The third-order valence-corrected chi connectivity index (χ3v) is 3.72. The summed E-state index contributed by atoms with van der Waals surface area (Å²) in [6, 6.07) is 2.43. The first kappa shape index (κ1) is 12.8. The highest BCUT2D eigenvalue weighted by Crippen LogP contribution is 2.37. The monoisotopic (exact) mass is 293 g/mol. The quantitative estimate of drug-likeness (QED) is 0.827. The van der Waals surface area contributed by atoms with Gasteiger partial charge < -0.3 is 10.4 Å². The average Bonchev–Trinajstić information content (AvgIpc) is 3.04. The second kappa shape index (κ2) is 4.92. The van der Waals surface area contributed by atoms with Crippen molar-refractivity contribution in [3.05, 3.63) is 27.2 Å². The van der Waals surface area contributed by atoms with Crippen LogP contribution in [-0.2, 0) is 4.79 Å². The zero-order chi connectivity index (χ0) is 12.6.